The van der Waals surface area contributed by atoms with E-state index in [1.165, 1.54) is 11.5 Å². The summed E-state index contributed by atoms with van der Waals surface area (Å²) in [7, 11) is 1.59. The van der Waals surface area contributed by atoms with E-state index in [9.17, 15) is 9.59 Å². The Kier molecular flexibility index (Phi) is 1.73. The van der Waals surface area contributed by atoms with Crippen LogP contribution in [0.15, 0.2) is 23.1 Å². The Labute approximate surface area is 79.6 Å². The number of fused-ring (bicyclic) bond motifs is 1. The van der Waals surface area contributed by atoms with Crippen LogP contribution < -0.4 is 5.69 Å². The SMILES string of the molecule is CC(=O)n1c(=O)n(C)c2ncccc21. The van der Waals surface area contributed by atoms with Crippen molar-refractivity contribution in [3.63, 3.8) is 0 Å². The highest BCUT2D eigenvalue weighted by atomic mass is 16.2. The number of rotatable bonds is 0. The molecule has 72 valence electrons. The van der Waals surface area contributed by atoms with Crippen LogP contribution in [0.5, 0.6) is 0 Å². The smallest absolute Gasteiger partial charge is 0.279 e. The lowest BCUT2D eigenvalue weighted by molar-refractivity contribution is 0.0936. The molecule has 2 aromatic rings. The molecule has 5 heteroatoms. The topological polar surface area (TPSA) is 56.9 Å². The minimum absolute atomic E-state index is 0.298. The lowest BCUT2D eigenvalue weighted by atomic mass is 10.4. The van der Waals surface area contributed by atoms with Gasteiger partial charge in [-0.1, -0.05) is 0 Å². The van der Waals surface area contributed by atoms with Crippen molar-refractivity contribution >= 4 is 17.1 Å². The zero-order valence-corrected chi connectivity index (χ0v) is 7.89. The number of carbonyl (C=O) groups is 1. The van der Waals surface area contributed by atoms with Crippen LogP contribution >= 0.6 is 0 Å². The van der Waals surface area contributed by atoms with Crippen molar-refractivity contribution < 1.29 is 4.79 Å². The van der Waals surface area contributed by atoms with Gasteiger partial charge in [0.25, 0.3) is 0 Å². The molecule has 0 spiro atoms. The van der Waals surface area contributed by atoms with Gasteiger partial charge in [-0.25, -0.2) is 14.3 Å². The van der Waals surface area contributed by atoms with E-state index in [1.54, 1.807) is 25.4 Å². The molecule has 0 saturated carbocycles. The highest BCUT2D eigenvalue weighted by Gasteiger charge is 2.13. The van der Waals surface area contributed by atoms with E-state index in [4.69, 9.17) is 0 Å². The summed E-state index contributed by atoms with van der Waals surface area (Å²) in [6.07, 6.45) is 1.59. The first-order valence-corrected chi connectivity index (χ1v) is 4.16. The highest BCUT2D eigenvalue weighted by molar-refractivity contribution is 5.87. The molecule has 0 fully saturated rings. The number of aromatic nitrogens is 3. The van der Waals surface area contributed by atoms with Crippen molar-refractivity contribution in [2.45, 2.75) is 6.92 Å². The minimum atomic E-state index is -0.355. The molecule has 2 aromatic heterocycles. The molecule has 0 bridgehead atoms. The summed E-state index contributed by atoms with van der Waals surface area (Å²) in [5.41, 5.74) is 0.714. The van der Waals surface area contributed by atoms with Gasteiger partial charge in [-0.05, 0) is 12.1 Å². The number of aryl methyl sites for hydroxylation is 1. The molecule has 0 saturated heterocycles. The maximum atomic E-state index is 11.6. The summed E-state index contributed by atoms with van der Waals surface area (Å²) >= 11 is 0. The van der Waals surface area contributed by atoms with Gasteiger partial charge in [0.2, 0.25) is 5.91 Å². The lowest BCUT2D eigenvalue weighted by Gasteiger charge is -1.93. The van der Waals surface area contributed by atoms with Crippen LogP contribution in [0.2, 0.25) is 0 Å². The molecule has 5 nitrogen and oxygen atoms in total. The molecule has 2 rings (SSSR count). The Hall–Kier alpha value is -1.91. The van der Waals surface area contributed by atoms with Crippen molar-refractivity contribution in [1.29, 1.82) is 0 Å². The van der Waals surface area contributed by atoms with Crippen LogP contribution in [0.1, 0.15) is 11.7 Å². The van der Waals surface area contributed by atoms with Gasteiger partial charge in [0.1, 0.15) is 0 Å². The first-order valence-electron chi connectivity index (χ1n) is 4.16. The van der Waals surface area contributed by atoms with Gasteiger partial charge in [-0.3, -0.25) is 9.36 Å². The molecule has 0 amide bonds. The fourth-order valence-corrected chi connectivity index (χ4v) is 1.47. The molecule has 0 aliphatic carbocycles. The zero-order valence-electron chi connectivity index (χ0n) is 7.89. The molecular formula is C9H9N3O2. The van der Waals surface area contributed by atoms with Crippen LogP contribution in [0, 0.1) is 0 Å². The standard InChI is InChI=1S/C9H9N3O2/c1-6(13)12-7-4-3-5-10-8(7)11(2)9(12)14/h3-5H,1-2H3. The lowest BCUT2D eigenvalue weighted by Crippen LogP contribution is -2.25. The largest absolute Gasteiger partial charge is 0.336 e. The molecule has 0 atom stereocenters. The molecule has 0 aliphatic heterocycles. The van der Waals surface area contributed by atoms with Crippen LogP contribution in [0.25, 0.3) is 11.2 Å². The van der Waals surface area contributed by atoms with E-state index < -0.39 is 0 Å². The van der Waals surface area contributed by atoms with Crippen molar-refractivity contribution in [2.75, 3.05) is 0 Å². The van der Waals surface area contributed by atoms with Crippen molar-refractivity contribution in [2.24, 2.45) is 7.05 Å². The van der Waals surface area contributed by atoms with E-state index in [0.29, 0.717) is 11.2 Å². The monoisotopic (exact) mass is 191 g/mol. The quantitative estimate of drug-likeness (QED) is 0.605. The van der Waals surface area contributed by atoms with Gasteiger partial charge in [-0.2, -0.15) is 0 Å². The number of hydrogen-bond acceptors (Lipinski definition) is 3. The summed E-state index contributed by atoms with van der Waals surface area (Å²) in [6.45, 7) is 1.36. The maximum Gasteiger partial charge on any atom is 0.336 e. The second-order valence-corrected chi connectivity index (χ2v) is 3.04. The van der Waals surface area contributed by atoms with E-state index >= 15 is 0 Å². The Morgan fingerprint density at radius 3 is 2.86 bits per heavy atom. The Balaban J connectivity index is 3.03. The zero-order chi connectivity index (χ0) is 10.3. The first kappa shape index (κ1) is 8.68. The number of hydrogen-bond donors (Lipinski definition) is 0. The molecule has 2 heterocycles. The van der Waals surface area contributed by atoms with Gasteiger partial charge >= 0.3 is 5.69 Å². The van der Waals surface area contributed by atoms with Gasteiger partial charge in [0, 0.05) is 20.2 Å². The Morgan fingerprint density at radius 2 is 2.21 bits per heavy atom. The summed E-state index contributed by atoms with van der Waals surface area (Å²) in [5, 5.41) is 0. The highest BCUT2D eigenvalue weighted by Crippen LogP contribution is 2.07. The molecule has 0 N–H and O–H groups in total. The van der Waals surface area contributed by atoms with Crippen LogP contribution in [-0.4, -0.2) is 20.0 Å². The van der Waals surface area contributed by atoms with Crippen LogP contribution in [-0.2, 0) is 7.05 Å². The minimum Gasteiger partial charge on any atom is -0.279 e. The number of carbonyl (C=O) groups excluding carboxylic acids is 1. The molecule has 0 radical (unpaired) electrons. The normalized spacial score (nSPS) is 10.7. The maximum absolute atomic E-state index is 11.6. The second-order valence-electron chi connectivity index (χ2n) is 3.04. The van der Waals surface area contributed by atoms with E-state index in [2.05, 4.69) is 4.98 Å². The van der Waals surface area contributed by atoms with Gasteiger partial charge in [0.15, 0.2) is 5.65 Å². The molecule has 0 aromatic carbocycles. The predicted molar refractivity (Wildman–Crippen MR) is 51.3 cm³/mol. The average molecular weight is 191 g/mol. The summed E-state index contributed by atoms with van der Waals surface area (Å²) in [5.74, 6) is -0.298. The Morgan fingerprint density at radius 1 is 1.50 bits per heavy atom. The molecular weight excluding hydrogens is 182 g/mol. The number of nitrogens with zero attached hydrogens (tertiary/aromatic N) is 3. The fraction of sp³-hybridized carbons (Fsp3) is 0.222. The van der Waals surface area contributed by atoms with Crippen molar-refractivity contribution in [3.8, 4) is 0 Å². The fourth-order valence-electron chi connectivity index (χ4n) is 1.47. The van der Waals surface area contributed by atoms with E-state index in [0.717, 1.165) is 4.57 Å². The summed E-state index contributed by atoms with van der Waals surface area (Å²) < 4.78 is 2.47. The third-order valence-corrected chi connectivity index (χ3v) is 2.12. The second kappa shape index (κ2) is 2.80. The van der Waals surface area contributed by atoms with Crippen LogP contribution in [0.4, 0.5) is 0 Å². The third kappa shape index (κ3) is 0.985. The average Bonchev–Trinajstić information content (AvgIpc) is 2.41. The molecule has 14 heavy (non-hydrogen) atoms. The van der Waals surface area contributed by atoms with E-state index in [-0.39, 0.29) is 11.6 Å². The van der Waals surface area contributed by atoms with Crippen LogP contribution in [0.3, 0.4) is 0 Å². The van der Waals surface area contributed by atoms with Crippen molar-refractivity contribution in [3.05, 3.63) is 28.8 Å². The predicted octanol–water partition coefficient (Wildman–Crippen LogP) is 0.395. The van der Waals surface area contributed by atoms with Gasteiger partial charge in [-0.15, -0.1) is 0 Å². The number of imidazole rings is 1. The molecule has 0 aliphatic rings. The first-order chi connectivity index (χ1) is 6.63. The third-order valence-electron chi connectivity index (χ3n) is 2.12. The molecule has 0 unspecified atom stereocenters. The van der Waals surface area contributed by atoms with E-state index in [1.807, 2.05) is 0 Å². The van der Waals surface area contributed by atoms with Crippen molar-refractivity contribution in [1.82, 2.24) is 14.1 Å². The summed E-state index contributed by atoms with van der Waals surface area (Å²) in [4.78, 5) is 26.8. The number of pyridine rings is 1. The summed E-state index contributed by atoms with van der Waals surface area (Å²) in [6, 6.07) is 3.40. The Bertz CT molecular complexity index is 565. The van der Waals surface area contributed by atoms with Gasteiger partial charge in [0.05, 0.1) is 5.52 Å². The van der Waals surface area contributed by atoms with Gasteiger partial charge < -0.3 is 0 Å².